The van der Waals surface area contributed by atoms with Crippen LogP contribution in [0.1, 0.15) is 28.5 Å². The summed E-state index contributed by atoms with van der Waals surface area (Å²) in [6.45, 7) is 0.389. The number of nitrogens with one attached hydrogen (secondary N) is 2. The molecule has 8 nitrogen and oxygen atoms in total. The standard InChI is InChI=1S/C19H19ClFN5O3S/c1-25-17-12-8-11(24-18(27)16-13(21)7-10(20)9-23-16)3-4-14(12)29-6-5-15(17)30(28)26(2)19(25)22/h3-4,7-9,15,17,22H,5-6H2,1-2H3,(H,24,27)/t15-,17?,30?/m0/s1. The molecule has 30 heavy (non-hydrogen) atoms. The Bertz CT molecular complexity index is 1070. The summed E-state index contributed by atoms with van der Waals surface area (Å²) in [7, 11) is 2.00. The SMILES string of the molecule is CN1C(=N)N(C)S(=O)[C@H]2CCOc3ccc(NC(=O)c4ncc(Cl)cc4F)cc3C21. The molecule has 2 unspecified atom stereocenters. The van der Waals surface area contributed by atoms with E-state index < -0.39 is 22.7 Å². The molecule has 1 fully saturated rings. The lowest BCUT2D eigenvalue weighted by Gasteiger charge is -2.43. The molecule has 1 saturated heterocycles. The number of hydrogen-bond acceptors (Lipinski definition) is 5. The van der Waals surface area contributed by atoms with E-state index in [-0.39, 0.29) is 28.0 Å². The van der Waals surface area contributed by atoms with Crippen LogP contribution in [0.2, 0.25) is 5.02 Å². The lowest BCUT2D eigenvalue weighted by molar-refractivity contribution is 0.101. The van der Waals surface area contributed by atoms with Crippen molar-refractivity contribution in [3.8, 4) is 5.75 Å². The molecule has 0 bridgehead atoms. The van der Waals surface area contributed by atoms with E-state index in [9.17, 15) is 13.4 Å². The number of anilines is 1. The number of nitrogens with zero attached hydrogens (tertiary/aromatic N) is 3. The van der Waals surface area contributed by atoms with Gasteiger partial charge in [0.2, 0.25) is 5.96 Å². The van der Waals surface area contributed by atoms with Gasteiger partial charge in [-0.25, -0.2) is 13.6 Å². The second-order valence-corrected chi connectivity index (χ2v) is 9.16. The first kappa shape index (κ1) is 20.5. The number of fused-ring (bicyclic) bond motifs is 3. The van der Waals surface area contributed by atoms with Gasteiger partial charge in [-0.3, -0.25) is 14.5 Å². The Morgan fingerprint density at radius 3 is 2.90 bits per heavy atom. The van der Waals surface area contributed by atoms with Crippen molar-refractivity contribution in [3.05, 3.63) is 52.6 Å². The summed E-state index contributed by atoms with van der Waals surface area (Å²) in [4.78, 5) is 18.0. The highest BCUT2D eigenvalue weighted by atomic mass is 35.5. The molecule has 158 valence electrons. The van der Waals surface area contributed by atoms with Gasteiger partial charge in [0.15, 0.2) is 11.5 Å². The summed E-state index contributed by atoms with van der Waals surface area (Å²) in [5.41, 5.74) is 0.736. The van der Waals surface area contributed by atoms with E-state index in [1.165, 1.54) is 10.5 Å². The van der Waals surface area contributed by atoms with Gasteiger partial charge in [0, 0.05) is 31.5 Å². The number of pyridine rings is 1. The first-order valence-electron chi connectivity index (χ1n) is 9.13. The van der Waals surface area contributed by atoms with Crippen LogP contribution in [0, 0.1) is 11.2 Å². The number of aromatic nitrogens is 1. The summed E-state index contributed by atoms with van der Waals surface area (Å²) in [5, 5.41) is 10.7. The summed E-state index contributed by atoms with van der Waals surface area (Å²) in [6.07, 6.45) is 1.75. The van der Waals surface area contributed by atoms with E-state index >= 15 is 0 Å². The van der Waals surface area contributed by atoms with Gasteiger partial charge in [0.25, 0.3) is 5.91 Å². The molecule has 2 aliphatic rings. The number of carbonyl (C=O) groups is 1. The van der Waals surface area contributed by atoms with E-state index in [1.54, 1.807) is 37.2 Å². The minimum Gasteiger partial charge on any atom is -0.493 e. The fraction of sp³-hybridized carbons (Fsp3) is 0.316. The molecule has 1 amide bonds. The third-order valence-electron chi connectivity index (χ3n) is 5.20. The fourth-order valence-electron chi connectivity index (χ4n) is 3.72. The number of amides is 1. The maximum Gasteiger partial charge on any atom is 0.277 e. The molecule has 0 spiro atoms. The number of halogens is 2. The Kier molecular flexibility index (Phi) is 5.37. The Hall–Kier alpha value is -2.72. The highest BCUT2D eigenvalue weighted by Crippen LogP contribution is 2.41. The zero-order valence-corrected chi connectivity index (χ0v) is 17.8. The lowest BCUT2D eigenvalue weighted by atomic mass is 9.99. The Morgan fingerprint density at radius 1 is 1.40 bits per heavy atom. The number of carbonyl (C=O) groups excluding carboxylic acids is 1. The molecule has 11 heteroatoms. The van der Waals surface area contributed by atoms with Gasteiger partial charge in [0.1, 0.15) is 16.7 Å². The van der Waals surface area contributed by atoms with Crippen LogP contribution in [0.25, 0.3) is 0 Å². The molecule has 0 aliphatic carbocycles. The van der Waals surface area contributed by atoms with Gasteiger partial charge in [0.05, 0.1) is 22.9 Å². The van der Waals surface area contributed by atoms with Crippen molar-refractivity contribution in [1.82, 2.24) is 14.2 Å². The Labute approximate surface area is 180 Å². The fourth-order valence-corrected chi connectivity index (χ4v) is 5.41. The summed E-state index contributed by atoms with van der Waals surface area (Å²) in [6, 6.07) is 5.71. The van der Waals surface area contributed by atoms with E-state index in [0.29, 0.717) is 30.0 Å². The average molecular weight is 452 g/mol. The quantitative estimate of drug-likeness (QED) is 0.731. The highest BCUT2D eigenvalue weighted by Gasteiger charge is 2.43. The molecule has 3 atom stereocenters. The number of benzene rings is 1. The van der Waals surface area contributed by atoms with Crippen LogP contribution in [0.5, 0.6) is 5.75 Å². The topological polar surface area (TPSA) is 98.6 Å². The zero-order valence-electron chi connectivity index (χ0n) is 16.2. The van der Waals surface area contributed by atoms with Crippen molar-refractivity contribution >= 4 is 40.1 Å². The van der Waals surface area contributed by atoms with Crippen molar-refractivity contribution < 1.29 is 18.1 Å². The van der Waals surface area contributed by atoms with E-state index in [1.807, 2.05) is 0 Å². The molecule has 2 N–H and O–H groups in total. The molecular weight excluding hydrogens is 433 g/mol. The van der Waals surface area contributed by atoms with Crippen LogP contribution >= 0.6 is 11.6 Å². The van der Waals surface area contributed by atoms with Gasteiger partial charge >= 0.3 is 0 Å². The van der Waals surface area contributed by atoms with E-state index in [2.05, 4.69) is 10.3 Å². The van der Waals surface area contributed by atoms with Gasteiger partial charge in [-0.1, -0.05) is 11.6 Å². The largest absolute Gasteiger partial charge is 0.493 e. The Morgan fingerprint density at radius 2 is 2.17 bits per heavy atom. The van der Waals surface area contributed by atoms with Gasteiger partial charge < -0.3 is 15.0 Å². The molecule has 4 rings (SSSR count). The van der Waals surface area contributed by atoms with Crippen molar-refractivity contribution in [3.63, 3.8) is 0 Å². The van der Waals surface area contributed by atoms with E-state index in [4.69, 9.17) is 21.7 Å². The van der Waals surface area contributed by atoms with Gasteiger partial charge in [-0.05, 0) is 30.7 Å². The minimum atomic E-state index is -1.40. The molecular formula is C19H19ClFN5O3S. The van der Waals surface area contributed by atoms with Gasteiger partial charge in [-0.15, -0.1) is 0 Å². The summed E-state index contributed by atoms with van der Waals surface area (Å²) in [5.74, 6) is -0.817. The molecule has 1 aromatic heterocycles. The molecule has 2 aromatic rings. The van der Waals surface area contributed by atoms with Crippen LogP contribution in [0.4, 0.5) is 10.1 Å². The number of hydrogen-bond donors (Lipinski definition) is 2. The maximum absolute atomic E-state index is 14.0. The number of guanidine groups is 1. The van der Waals surface area contributed by atoms with Crippen LogP contribution in [-0.2, 0) is 11.0 Å². The van der Waals surface area contributed by atoms with Crippen LogP contribution in [0.3, 0.4) is 0 Å². The second kappa shape index (κ2) is 7.84. The van der Waals surface area contributed by atoms with Crippen LogP contribution in [-0.4, -0.2) is 56.2 Å². The molecule has 2 aliphatic heterocycles. The third kappa shape index (κ3) is 3.50. The second-order valence-electron chi connectivity index (χ2n) is 7.02. The smallest absolute Gasteiger partial charge is 0.277 e. The monoisotopic (exact) mass is 451 g/mol. The Balaban J connectivity index is 1.68. The average Bonchev–Trinajstić information content (AvgIpc) is 2.90. The normalized spacial score (nSPS) is 23.2. The molecule has 0 saturated carbocycles. The first-order valence-corrected chi connectivity index (χ1v) is 10.7. The maximum atomic E-state index is 14.0. The number of rotatable bonds is 2. The first-order chi connectivity index (χ1) is 14.3. The molecule has 3 heterocycles. The van der Waals surface area contributed by atoms with E-state index in [0.717, 1.165) is 6.07 Å². The molecule has 1 aromatic carbocycles. The van der Waals surface area contributed by atoms with Crippen molar-refractivity contribution in [2.24, 2.45) is 0 Å². The van der Waals surface area contributed by atoms with Crippen molar-refractivity contribution in [1.29, 1.82) is 5.41 Å². The predicted molar refractivity (Wildman–Crippen MR) is 112 cm³/mol. The minimum absolute atomic E-state index is 0.0954. The number of ether oxygens (including phenoxy) is 1. The van der Waals surface area contributed by atoms with Crippen molar-refractivity contribution in [2.45, 2.75) is 17.7 Å². The predicted octanol–water partition coefficient (Wildman–Crippen LogP) is 2.79. The van der Waals surface area contributed by atoms with Crippen molar-refractivity contribution in [2.75, 3.05) is 26.0 Å². The highest BCUT2D eigenvalue weighted by molar-refractivity contribution is 7.84. The zero-order chi connectivity index (χ0) is 21.6. The van der Waals surface area contributed by atoms with Gasteiger partial charge in [-0.2, -0.15) is 0 Å². The molecule has 0 radical (unpaired) electrons. The lowest BCUT2D eigenvalue weighted by Crippen LogP contribution is -2.54. The summed E-state index contributed by atoms with van der Waals surface area (Å²) >= 11 is 5.69. The third-order valence-corrected chi connectivity index (χ3v) is 7.13. The van der Waals surface area contributed by atoms with Crippen LogP contribution < -0.4 is 10.1 Å². The van der Waals surface area contributed by atoms with Crippen LogP contribution in [0.15, 0.2) is 30.5 Å². The summed E-state index contributed by atoms with van der Waals surface area (Å²) < 4.78 is 34.2.